The number of para-hydroxylation sites is 2. The first kappa shape index (κ1) is 41.7. The van der Waals surface area contributed by atoms with Crippen molar-refractivity contribution in [2.45, 2.75) is 41.5 Å². The largest absolute Gasteiger partial charge is 0.309 e. The number of benzene rings is 11. The van der Waals surface area contributed by atoms with E-state index >= 15 is 0 Å². The van der Waals surface area contributed by atoms with Gasteiger partial charge in [-0.3, -0.25) is 0 Å². The fourth-order valence-electron chi connectivity index (χ4n) is 12.3. The molecule has 2 heteroatoms. The molecule has 0 aliphatic carbocycles. The highest BCUT2D eigenvalue weighted by atomic mass is 15.0. The van der Waals surface area contributed by atoms with Crippen molar-refractivity contribution in [1.29, 1.82) is 0 Å². The lowest BCUT2D eigenvalue weighted by Gasteiger charge is -2.20. The number of hydrogen-bond donors (Lipinski definition) is 0. The maximum Gasteiger partial charge on any atom is 0.0541 e. The average Bonchev–Trinajstić information content (AvgIpc) is 3.87. The summed E-state index contributed by atoms with van der Waals surface area (Å²) >= 11 is 0. The van der Waals surface area contributed by atoms with Gasteiger partial charge in [0.1, 0.15) is 0 Å². The quantitative estimate of drug-likeness (QED) is 0.147. The Morgan fingerprint density at radius 3 is 0.929 bits per heavy atom. The molecule has 0 aliphatic heterocycles. The van der Waals surface area contributed by atoms with Crippen molar-refractivity contribution in [2.24, 2.45) is 0 Å². The summed E-state index contributed by atoms with van der Waals surface area (Å²) in [5, 5.41) is 10.0. The van der Waals surface area contributed by atoms with Gasteiger partial charge in [-0.05, 0) is 178 Å². The molecular weight excluding hydrogens is 845 g/mol. The molecule has 0 aliphatic rings. The summed E-state index contributed by atoms with van der Waals surface area (Å²) in [5.74, 6) is 0. The highest BCUT2D eigenvalue weighted by Crippen LogP contribution is 2.47. The van der Waals surface area contributed by atoms with E-state index in [-0.39, 0.29) is 0 Å². The molecule has 2 aromatic heterocycles. The lowest BCUT2D eigenvalue weighted by molar-refractivity contribution is 1.11. The van der Waals surface area contributed by atoms with Crippen molar-refractivity contribution in [3.8, 4) is 55.9 Å². The smallest absolute Gasteiger partial charge is 0.0541 e. The third-order valence-corrected chi connectivity index (χ3v) is 15.0. The second kappa shape index (κ2) is 16.1. The molecule has 0 saturated carbocycles. The molecule has 0 amide bonds. The maximum absolute atomic E-state index is 2.47. The minimum Gasteiger partial charge on any atom is -0.309 e. The van der Waals surface area contributed by atoms with E-state index in [1.165, 1.54) is 154 Å². The van der Waals surface area contributed by atoms with Gasteiger partial charge >= 0.3 is 0 Å². The van der Waals surface area contributed by atoms with Gasteiger partial charge in [-0.1, -0.05) is 169 Å². The van der Waals surface area contributed by atoms with Gasteiger partial charge in [-0.25, -0.2) is 0 Å². The van der Waals surface area contributed by atoms with Crippen LogP contribution < -0.4 is 0 Å². The second-order valence-corrected chi connectivity index (χ2v) is 19.7. The molecule has 0 saturated heterocycles. The van der Waals surface area contributed by atoms with E-state index in [1.807, 2.05) is 0 Å². The van der Waals surface area contributed by atoms with Crippen LogP contribution >= 0.6 is 0 Å². The average molecular weight is 897 g/mol. The summed E-state index contributed by atoms with van der Waals surface area (Å²) in [5.41, 5.74) is 24.9. The third kappa shape index (κ3) is 6.47. The summed E-state index contributed by atoms with van der Waals surface area (Å²) in [4.78, 5) is 0. The number of hydrogen-bond acceptors (Lipinski definition) is 0. The van der Waals surface area contributed by atoms with Crippen LogP contribution in [0.4, 0.5) is 0 Å². The number of aromatic nitrogens is 2. The van der Waals surface area contributed by atoms with Crippen LogP contribution in [-0.4, -0.2) is 9.13 Å². The molecule has 0 fully saturated rings. The summed E-state index contributed by atoms with van der Waals surface area (Å²) in [6.45, 7) is 13.3. The van der Waals surface area contributed by atoms with Crippen molar-refractivity contribution in [3.05, 3.63) is 240 Å². The third-order valence-electron chi connectivity index (χ3n) is 15.0. The number of rotatable bonds is 6. The monoisotopic (exact) mass is 896 g/mol. The van der Waals surface area contributed by atoms with E-state index < -0.39 is 0 Å². The summed E-state index contributed by atoms with van der Waals surface area (Å²) in [7, 11) is 0. The van der Waals surface area contributed by atoms with E-state index in [4.69, 9.17) is 0 Å². The Labute approximate surface area is 409 Å². The maximum atomic E-state index is 2.47. The molecule has 334 valence electrons. The Morgan fingerprint density at radius 2 is 0.543 bits per heavy atom. The molecule has 0 spiro atoms. The van der Waals surface area contributed by atoms with Crippen molar-refractivity contribution in [1.82, 2.24) is 9.13 Å². The zero-order valence-electron chi connectivity index (χ0n) is 40.5. The molecule has 0 radical (unpaired) electrons. The van der Waals surface area contributed by atoms with Gasteiger partial charge in [0, 0.05) is 21.5 Å². The number of fused-ring (bicyclic) bond motifs is 8. The molecule has 70 heavy (non-hydrogen) atoms. The van der Waals surface area contributed by atoms with Gasteiger partial charge in [-0.2, -0.15) is 0 Å². The standard InChI is InChI=1S/C68H52N2/c1-41-33-43(3)67(44(4)34-41)69-61-23-15-13-21-53(61)57-37-51(27-31-63(57)69)49-25-29-55-59(39-49)65(47-17-9-7-10-18-47)56-30-26-50(40-60(56)66(55)48-19-11-8-12-20-48)52-28-32-64-58(38-52)54-22-14-16-24-62(54)70(64)68-45(5)35-42(2)36-46(68)6/h7-40H,1-6H3. The van der Waals surface area contributed by atoms with E-state index in [1.54, 1.807) is 0 Å². The fraction of sp³-hybridized carbons (Fsp3) is 0.0882. The van der Waals surface area contributed by atoms with Gasteiger partial charge < -0.3 is 9.13 Å². The number of nitrogens with zero attached hydrogens (tertiary/aromatic N) is 2. The highest BCUT2D eigenvalue weighted by molar-refractivity contribution is 6.23. The van der Waals surface area contributed by atoms with Crippen LogP contribution in [0.3, 0.4) is 0 Å². The summed E-state index contributed by atoms with van der Waals surface area (Å²) in [6, 6.07) is 77.5. The van der Waals surface area contributed by atoms with Crippen LogP contribution in [0.25, 0.3) is 121 Å². The van der Waals surface area contributed by atoms with E-state index in [9.17, 15) is 0 Å². The topological polar surface area (TPSA) is 9.86 Å². The first-order valence-corrected chi connectivity index (χ1v) is 24.6. The molecular formula is C68H52N2. The molecule has 13 aromatic rings. The van der Waals surface area contributed by atoms with Gasteiger partial charge in [0.25, 0.3) is 0 Å². The molecule has 0 N–H and O–H groups in total. The Hall–Kier alpha value is -8.46. The SMILES string of the molecule is Cc1cc(C)c(-n2c3ccccc3c3cc(-c4ccc5c(-c6ccccc6)c6cc(-c7ccc8c(c7)c7ccccc7n8-c7c(C)cc(C)cc7C)ccc6c(-c6ccccc6)c5c4)ccc32)c(C)c1. The molecule has 0 atom stereocenters. The Morgan fingerprint density at radius 1 is 0.229 bits per heavy atom. The van der Waals surface area contributed by atoms with E-state index in [2.05, 4.69) is 257 Å². The Balaban J connectivity index is 1.03. The van der Waals surface area contributed by atoms with Crippen molar-refractivity contribution in [2.75, 3.05) is 0 Å². The van der Waals surface area contributed by atoms with Gasteiger partial charge in [0.15, 0.2) is 0 Å². The van der Waals surface area contributed by atoms with Crippen LogP contribution in [0.1, 0.15) is 33.4 Å². The van der Waals surface area contributed by atoms with Crippen LogP contribution in [0.15, 0.2) is 206 Å². The molecule has 11 aromatic carbocycles. The number of aryl methyl sites for hydroxylation is 6. The molecule has 0 bridgehead atoms. The second-order valence-electron chi connectivity index (χ2n) is 19.7. The zero-order chi connectivity index (χ0) is 47.4. The van der Waals surface area contributed by atoms with Gasteiger partial charge in [-0.15, -0.1) is 0 Å². The first-order valence-electron chi connectivity index (χ1n) is 24.6. The molecule has 13 rings (SSSR count). The van der Waals surface area contributed by atoms with Crippen LogP contribution in [0, 0.1) is 41.5 Å². The van der Waals surface area contributed by atoms with Crippen LogP contribution in [0.5, 0.6) is 0 Å². The Bertz CT molecular complexity index is 3950. The predicted molar refractivity (Wildman–Crippen MR) is 300 cm³/mol. The van der Waals surface area contributed by atoms with E-state index in [0.717, 1.165) is 0 Å². The molecule has 0 unspecified atom stereocenters. The molecule has 2 nitrogen and oxygen atoms in total. The highest BCUT2D eigenvalue weighted by Gasteiger charge is 2.22. The van der Waals surface area contributed by atoms with Crippen LogP contribution in [0.2, 0.25) is 0 Å². The fourth-order valence-corrected chi connectivity index (χ4v) is 12.3. The van der Waals surface area contributed by atoms with E-state index in [0.29, 0.717) is 0 Å². The van der Waals surface area contributed by atoms with Crippen LogP contribution in [-0.2, 0) is 0 Å². The summed E-state index contributed by atoms with van der Waals surface area (Å²) in [6.07, 6.45) is 0. The zero-order valence-corrected chi connectivity index (χ0v) is 40.5. The predicted octanol–water partition coefficient (Wildman–Crippen LogP) is 18.7. The van der Waals surface area contributed by atoms with Gasteiger partial charge in [0.2, 0.25) is 0 Å². The van der Waals surface area contributed by atoms with Crippen molar-refractivity contribution >= 4 is 65.2 Å². The van der Waals surface area contributed by atoms with Gasteiger partial charge in [0.05, 0.1) is 33.4 Å². The normalized spacial score (nSPS) is 11.9. The van der Waals surface area contributed by atoms with Crippen molar-refractivity contribution in [3.63, 3.8) is 0 Å². The lowest BCUT2D eigenvalue weighted by atomic mass is 9.84. The summed E-state index contributed by atoms with van der Waals surface area (Å²) < 4.78 is 4.95. The van der Waals surface area contributed by atoms with Crippen molar-refractivity contribution < 1.29 is 0 Å². The minimum absolute atomic E-state index is 1.20. The Kier molecular flexibility index (Phi) is 9.58. The molecule has 2 heterocycles. The lowest BCUT2D eigenvalue weighted by Crippen LogP contribution is -2.00. The first-order chi connectivity index (χ1) is 34.2. The minimum atomic E-state index is 1.20.